The van der Waals surface area contributed by atoms with E-state index in [1.807, 2.05) is 26.0 Å². The van der Waals surface area contributed by atoms with Crippen LogP contribution in [0, 0.1) is 13.8 Å². The highest BCUT2D eigenvalue weighted by molar-refractivity contribution is 5.81. The summed E-state index contributed by atoms with van der Waals surface area (Å²) in [5.41, 5.74) is 2.75. The third-order valence-electron chi connectivity index (χ3n) is 3.27. The molecule has 2 aromatic carbocycles. The number of benzene rings is 2. The smallest absolute Gasteiger partial charge is 0.171 e. The Balaban J connectivity index is 1.95. The lowest BCUT2D eigenvalue weighted by molar-refractivity contribution is 0.111. The lowest BCUT2D eigenvalue weighted by Gasteiger charge is -2.14. The van der Waals surface area contributed by atoms with Crippen molar-refractivity contribution >= 4 is 6.29 Å². The van der Waals surface area contributed by atoms with E-state index in [1.54, 1.807) is 25.3 Å². The summed E-state index contributed by atoms with van der Waals surface area (Å²) in [6, 6.07) is 11.2. The van der Waals surface area contributed by atoms with Gasteiger partial charge in [-0.2, -0.15) is 0 Å². The summed E-state index contributed by atoms with van der Waals surface area (Å²) in [4.78, 5) is 11.1. The van der Waals surface area contributed by atoms with E-state index in [-0.39, 0.29) is 0 Å². The molecule has 0 bridgehead atoms. The van der Waals surface area contributed by atoms with Gasteiger partial charge in [0, 0.05) is 0 Å². The summed E-state index contributed by atoms with van der Waals surface area (Å²) in [6.45, 7) is 4.77. The van der Waals surface area contributed by atoms with E-state index >= 15 is 0 Å². The molecular weight excluding hydrogens is 280 g/mol. The second-order valence-corrected chi connectivity index (χ2v) is 4.96. The minimum Gasteiger partial charge on any atom is -0.493 e. The van der Waals surface area contributed by atoms with E-state index < -0.39 is 0 Å². The molecule has 116 valence electrons. The second-order valence-electron chi connectivity index (χ2n) is 4.96. The van der Waals surface area contributed by atoms with Crippen molar-refractivity contribution in [2.45, 2.75) is 13.8 Å². The van der Waals surface area contributed by atoms with Gasteiger partial charge in [0.1, 0.15) is 19.0 Å². The van der Waals surface area contributed by atoms with E-state index in [9.17, 15) is 4.79 Å². The molecule has 0 unspecified atom stereocenters. The fourth-order valence-corrected chi connectivity index (χ4v) is 2.20. The highest BCUT2D eigenvalue weighted by Crippen LogP contribution is 2.30. The Morgan fingerprint density at radius 2 is 1.77 bits per heavy atom. The van der Waals surface area contributed by atoms with Crippen LogP contribution < -0.4 is 14.2 Å². The van der Waals surface area contributed by atoms with Crippen molar-refractivity contribution in [3.63, 3.8) is 0 Å². The van der Waals surface area contributed by atoms with E-state index in [0.29, 0.717) is 30.3 Å². The third-order valence-corrected chi connectivity index (χ3v) is 3.27. The van der Waals surface area contributed by atoms with Crippen LogP contribution in [-0.4, -0.2) is 26.6 Å². The van der Waals surface area contributed by atoms with Crippen LogP contribution in [-0.2, 0) is 0 Å². The average Bonchev–Trinajstić information content (AvgIpc) is 2.53. The minimum atomic E-state index is 0.328. The first-order valence-corrected chi connectivity index (χ1v) is 7.10. The normalized spacial score (nSPS) is 10.1. The van der Waals surface area contributed by atoms with Crippen molar-refractivity contribution in [2.24, 2.45) is 0 Å². The van der Waals surface area contributed by atoms with Crippen LogP contribution in [0.3, 0.4) is 0 Å². The summed E-state index contributed by atoms with van der Waals surface area (Å²) in [6.07, 6.45) is 0.753. The first kappa shape index (κ1) is 15.9. The molecule has 0 aliphatic carbocycles. The van der Waals surface area contributed by atoms with Crippen molar-refractivity contribution in [3.8, 4) is 17.2 Å². The van der Waals surface area contributed by atoms with Gasteiger partial charge >= 0.3 is 0 Å². The molecule has 0 aliphatic heterocycles. The Kier molecular flexibility index (Phi) is 5.42. The number of hydrogen-bond acceptors (Lipinski definition) is 4. The Morgan fingerprint density at radius 1 is 1.00 bits per heavy atom. The van der Waals surface area contributed by atoms with E-state index in [0.717, 1.165) is 17.6 Å². The Morgan fingerprint density at radius 3 is 2.45 bits per heavy atom. The number of para-hydroxylation sites is 1. The van der Waals surface area contributed by atoms with Gasteiger partial charge in [-0.3, -0.25) is 4.79 Å². The number of hydrogen-bond donors (Lipinski definition) is 0. The number of methoxy groups -OCH3 is 1. The van der Waals surface area contributed by atoms with Crippen LogP contribution in [0.5, 0.6) is 17.2 Å². The molecule has 4 nitrogen and oxygen atoms in total. The molecule has 4 heteroatoms. The third kappa shape index (κ3) is 3.79. The molecule has 22 heavy (non-hydrogen) atoms. The molecular formula is C18H20O4. The van der Waals surface area contributed by atoms with Crippen LogP contribution in [0.4, 0.5) is 0 Å². The highest BCUT2D eigenvalue weighted by Gasteiger charge is 2.10. The van der Waals surface area contributed by atoms with Crippen molar-refractivity contribution in [1.82, 2.24) is 0 Å². The van der Waals surface area contributed by atoms with Crippen molar-refractivity contribution < 1.29 is 19.0 Å². The van der Waals surface area contributed by atoms with E-state index in [4.69, 9.17) is 14.2 Å². The van der Waals surface area contributed by atoms with E-state index in [2.05, 4.69) is 6.07 Å². The number of aryl methyl sites for hydroxylation is 2. The molecule has 0 aromatic heterocycles. The van der Waals surface area contributed by atoms with Gasteiger partial charge in [-0.25, -0.2) is 0 Å². The maximum Gasteiger partial charge on any atom is 0.171 e. The number of rotatable bonds is 7. The number of aldehydes is 1. The second kappa shape index (κ2) is 7.50. The van der Waals surface area contributed by atoms with Gasteiger partial charge in [-0.15, -0.1) is 0 Å². The van der Waals surface area contributed by atoms with Gasteiger partial charge in [0.2, 0.25) is 0 Å². The lowest BCUT2D eigenvalue weighted by Crippen LogP contribution is -2.11. The maximum atomic E-state index is 11.1. The number of ether oxygens (including phenoxy) is 3. The highest BCUT2D eigenvalue weighted by atomic mass is 16.5. The molecule has 0 saturated heterocycles. The van der Waals surface area contributed by atoms with Gasteiger partial charge in [-0.05, 0) is 37.6 Å². The molecule has 0 fully saturated rings. The molecule has 0 radical (unpaired) electrons. The Bertz CT molecular complexity index is 650. The fraction of sp³-hybridized carbons (Fsp3) is 0.278. The summed E-state index contributed by atoms with van der Waals surface area (Å²) in [5, 5.41) is 0. The molecule has 2 rings (SSSR count). The average molecular weight is 300 g/mol. The van der Waals surface area contributed by atoms with Crippen LogP contribution in [0.1, 0.15) is 21.5 Å². The first-order valence-electron chi connectivity index (χ1n) is 7.10. The molecule has 0 amide bonds. The molecule has 2 aromatic rings. The zero-order chi connectivity index (χ0) is 15.9. The van der Waals surface area contributed by atoms with Crippen LogP contribution >= 0.6 is 0 Å². The maximum absolute atomic E-state index is 11.1. The summed E-state index contributed by atoms with van der Waals surface area (Å²) < 4.78 is 16.6. The zero-order valence-electron chi connectivity index (χ0n) is 13.1. The van der Waals surface area contributed by atoms with Crippen LogP contribution in [0.15, 0.2) is 36.4 Å². The standard InChI is InChI=1S/C18H20O4/c1-13-7-8-16(14(2)11-13)21-9-10-22-18-15(12-19)5-4-6-17(18)20-3/h4-8,11-12H,9-10H2,1-3H3. The number of carbonyl (C=O) groups is 1. The fourth-order valence-electron chi connectivity index (χ4n) is 2.20. The molecule has 0 spiro atoms. The lowest BCUT2D eigenvalue weighted by atomic mass is 10.1. The van der Waals surface area contributed by atoms with Crippen molar-refractivity contribution in [2.75, 3.05) is 20.3 Å². The van der Waals surface area contributed by atoms with Gasteiger partial charge in [0.05, 0.1) is 12.7 Å². The topological polar surface area (TPSA) is 44.8 Å². The predicted molar refractivity (Wildman–Crippen MR) is 85.3 cm³/mol. The predicted octanol–water partition coefficient (Wildman–Crippen LogP) is 3.58. The quantitative estimate of drug-likeness (QED) is 0.579. The Labute approximate surface area is 130 Å². The Hall–Kier alpha value is -2.49. The van der Waals surface area contributed by atoms with Crippen molar-refractivity contribution in [3.05, 3.63) is 53.1 Å². The molecule has 0 aliphatic rings. The number of carbonyl (C=O) groups excluding carboxylic acids is 1. The van der Waals surface area contributed by atoms with Gasteiger partial charge < -0.3 is 14.2 Å². The largest absolute Gasteiger partial charge is 0.493 e. The zero-order valence-corrected chi connectivity index (χ0v) is 13.1. The molecule has 0 N–H and O–H groups in total. The van der Waals surface area contributed by atoms with E-state index in [1.165, 1.54) is 5.56 Å². The SMILES string of the molecule is COc1cccc(C=O)c1OCCOc1ccc(C)cc1C. The van der Waals surface area contributed by atoms with Gasteiger partial charge in [0.15, 0.2) is 17.8 Å². The molecule has 0 atom stereocenters. The first-order chi connectivity index (χ1) is 10.7. The monoisotopic (exact) mass is 300 g/mol. The van der Waals surface area contributed by atoms with Gasteiger partial charge in [0.25, 0.3) is 0 Å². The van der Waals surface area contributed by atoms with Gasteiger partial charge in [-0.1, -0.05) is 23.8 Å². The van der Waals surface area contributed by atoms with Crippen LogP contribution in [0.2, 0.25) is 0 Å². The molecule has 0 saturated carbocycles. The summed E-state index contributed by atoms with van der Waals surface area (Å²) in [5.74, 6) is 1.82. The van der Waals surface area contributed by atoms with Crippen molar-refractivity contribution in [1.29, 1.82) is 0 Å². The molecule has 0 heterocycles. The summed E-state index contributed by atoms with van der Waals surface area (Å²) in [7, 11) is 1.54. The van der Waals surface area contributed by atoms with Crippen LogP contribution in [0.25, 0.3) is 0 Å². The minimum absolute atomic E-state index is 0.328. The summed E-state index contributed by atoms with van der Waals surface area (Å²) >= 11 is 0.